The Morgan fingerprint density at radius 1 is 1.38 bits per heavy atom. The molecule has 2 atom stereocenters. The van der Waals surface area contributed by atoms with Gasteiger partial charge >= 0.3 is 5.97 Å². The van der Waals surface area contributed by atoms with Gasteiger partial charge in [0, 0.05) is 6.42 Å². The molecule has 0 aromatic rings. The van der Waals surface area contributed by atoms with Crippen molar-refractivity contribution in [1.29, 1.82) is 0 Å². The van der Waals surface area contributed by atoms with Gasteiger partial charge in [0.15, 0.2) is 0 Å². The van der Waals surface area contributed by atoms with Crippen molar-refractivity contribution in [1.82, 2.24) is 0 Å². The third-order valence-corrected chi connectivity index (χ3v) is 1.62. The Morgan fingerprint density at radius 3 is 2.19 bits per heavy atom. The lowest BCUT2D eigenvalue weighted by Crippen LogP contribution is -2.19. The van der Waals surface area contributed by atoms with Gasteiger partial charge in [0.1, 0.15) is 0 Å². The van der Waals surface area contributed by atoms with E-state index in [2.05, 4.69) is 0 Å². The first-order chi connectivity index (χ1) is 7.43. The van der Waals surface area contributed by atoms with Crippen LogP contribution in [0.1, 0.15) is 40.0 Å². The van der Waals surface area contributed by atoms with Crippen LogP contribution in [0.2, 0.25) is 0 Å². The highest BCUT2D eigenvalue weighted by molar-refractivity contribution is 5.66. The molecule has 2 unspecified atom stereocenters. The lowest BCUT2D eigenvalue weighted by atomic mass is 10.3. The summed E-state index contributed by atoms with van der Waals surface area (Å²) in [6.07, 6.45) is 1.47. The second-order valence-electron chi connectivity index (χ2n) is 3.67. The summed E-state index contributed by atoms with van der Waals surface area (Å²) in [6.45, 7) is 5.67. The van der Waals surface area contributed by atoms with E-state index in [0.717, 1.165) is 12.8 Å². The third kappa shape index (κ3) is 19.0. The van der Waals surface area contributed by atoms with E-state index < -0.39 is 12.1 Å². The molecular formula is C11H24O5. The Balaban J connectivity index is 0. The van der Waals surface area contributed by atoms with Gasteiger partial charge in [-0.1, -0.05) is 13.3 Å². The molecule has 0 saturated heterocycles. The van der Waals surface area contributed by atoms with Crippen molar-refractivity contribution in [2.75, 3.05) is 13.2 Å². The minimum atomic E-state index is -0.693. The monoisotopic (exact) mass is 236 g/mol. The molecule has 0 amide bonds. The predicted octanol–water partition coefficient (Wildman–Crippen LogP) is 1.03. The van der Waals surface area contributed by atoms with Crippen molar-refractivity contribution < 1.29 is 24.9 Å². The van der Waals surface area contributed by atoms with E-state index in [0.29, 0.717) is 13.0 Å². The first kappa shape index (κ1) is 17.7. The third-order valence-electron chi connectivity index (χ3n) is 1.62. The van der Waals surface area contributed by atoms with Crippen LogP contribution in [-0.2, 0) is 9.53 Å². The zero-order valence-corrected chi connectivity index (χ0v) is 10.3. The summed E-state index contributed by atoms with van der Waals surface area (Å²) in [6, 6.07) is 0. The maximum atomic E-state index is 9.76. The molecule has 16 heavy (non-hydrogen) atoms. The largest absolute Gasteiger partial charge is 0.481 e. The summed E-state index contributed by atoms with van der Waals surface area (Å²) in [7, 11) is 0. The van der Waals surface area contributed by atoms with Crippen molar-refractivity contribution in [3.63, 3.8) is 0 Å². The summed E-state index contributed by atoms with van der Waals surface area (Å²) in [5.74, 6) is -0.693. The van der Waals surface area contributed by atoms with Crippen molar-refractivity contribution in [3.8, 4) is 0 Å². The standard InChI is InChI=1S/C6H14O3.C5H10O2/c1-5(8)4-9-6(2)3-7;1-2-3-4-5(6)7/h5-8H,3-4H2,1-2H3;2-4H2,1H3,(H,6,7). The number of ether oxygens (including phenoxy) is 1. The first-order valence-electron chi connectivity index (χ1n) is 5.56. The maximum absolute atomic E-state index is 9.76. The minimum absolute atomic E-state index is 0.00667. The van der Waals surface area contributed by atoms with Gasteiger partial charge in [0.25, 0.3) is 0 Å². The van der Waals surface area contributed by atoms with Crippen LogP contribution in [0.15, 0.2) is 0 Å². The number of hydrogen-bond donors (Lipinski definition) is 3. The SMILES string of the molecule is CC(O)COC(C)CO.CCCCC(=O)O. The number of carbonyl (C=O) groups is 1. The van der Waals surface area contributed by atoms with Crippen LogP contribution in [0.3, 0.4) is 0 Å². The van der Waals surface area contributed by atoms with Crippen LogP contribution >= 0.6 is 0 Å². The second-order valence-corrected chi connectivity index (χ2v) is 3.67. The number of rotatable bonds is 7. The lowest BCUT2D eigenvalue weighted by molar-refractivity contribution is -0.137. The van der Waals surface area contributed by atoms with E-state index in [1.54, 1.807) is 13.8 Å². The Labute approximate surface area is 97.1 Å². The molecule has 0 heterocycles. The first-order valence-corrected chi connectivity index (χ1v) is 5.56. The molecule has 0 spiro atoms. The topological polar surface area (TPSA) is 87.0 Å². The Hall–Kier alpha value is -0.650. The van der Waals surface area contributed by atoms with Gasteiger partial charge in [-0.15, -0.1) is 0 Å². The van der Waals surface area contributed by atoms with Crippen molar-refractivity contribution in [2.45, 2.75) is 52.2 Å². The van der Waals surface area contributed by atoms with Crippen LogP contribution in [0, 0.1) is 0 Å². The van der Waals surface area contributed by atoms with Crippen LogP contribution in [-0.4, -0.2) is 46.7 Å². The van der Waals surface area contributed by atoms with Gasteiger partial charge in [-0.05, 0) is 20.3 Å². The number of unbranched alkanes of at least 4 members (excludes halogenated alkanes) is 1. The molecule has 0 aromatic carbocycles. The molecule has 98 valence electrons. The van der Waals surface area contributed by atoms with E-state index in [1.165, 1.54) is 0 Å². The molecule has 0 aromatic heterocycles. The minimum Gasteiger partial charge on any atom is -0.481 e. The Morgan fingerprint density at radius 2 is 1.94 bits per heavy atom. The number of aliphatic hydroxyl groups is 2. The summed E-state index contributed by atoms with van der Waals surface area (Å²) in [5.41, 5.74) is 0. The van der Waals surface area contributed by atoms with E-state index >= 15 is 0 Å². The fourth-order valence-corrected chi connectivity index (χ4v) is 0.684. The van der Waals surface area contributed by atoms with Gasteiger partial charge in [0.05, 0.1) is 25.4 Å². The van der Waals surface area contributed by atoms with Gasteiger partial charge in [-0.3, -0.25) is 4.79 Å². The molecule has 0 fully saturated rings. The molecule has 0 bridgehead atoms. The molecule has 0 aliphatic carbocycles. The highest BCUT2D eigenvalue weighted by atomic mass is 16.5. The molecule has 0 aliphatic rings. The van der Waals surface area contributed by atoms with Crippen LogP contribution in [0.4, 0.5) is 0 Å². The molecule has 3 N–H and O–H groups in total. The van der Waals surface area contributed by atoms with Crippen LogP contribution < -0.4 is 0 Å². The number of carboxylic acids is 1. The summed E-state index contributed by atoms with van der Waals surface area (Å²) >= 11 is 0. The number of aliphatic hydroxyl groups excluding tert-OH is 2. The average molecular weight is 236 g/mol. The van der Waals surface area contributed by atoms with E-state index in [4.69, 9.17) is 20.1 Å². The van der Waals surface area contributed by atoms with Crippen LogP contribution in [0.5, 0.6) is 0 Å². The number of aliphatic carboxylic acids is 1. The van der Waals surface area contributed by atoms with Gasteiger partial charge < -0.3 is 20.1 Å². The number of hydrogen-bond acceptors (Lipinski definition) is 4. The highest BCUT2D eigenvalue weighted by Gasteiger charge is 2.00. The molecule has 0 radical (unpaired) electrons. The van der Waals surface area contributed by atoms with Crippen molar-refractivity contribution in [2.24, 2.45) is 0 Å². The molecule has 5 heteroatoms. The Bertz CT molecular complexity index is 158. The van der Waals surface area contributed by atoms with Crippen LogP contribution in [0.25, 0.3) is 0 Å². The van der Waals surface area contributed by atoms with Crippen molar-refractivity contribution in [3.05, 3.63) is 0 Å². The lowest BCUT2D eigenvalue weighted by Gasteiger charge is -2.10. The van der Waals surface area contributed by atoms with E-state index in [1.807, 2.05) is 6.92 Å². The quantitative estimate of drug-likeness (QED) is 0.614. The van der Waals surface area contributed by atoms with Gasteiger partial charge in [0.2, 0.25) is 0 Å². The summed E-state index contributed by atoms with van der Waals surface area (Å²) < 4.78 is 4.95. The number of carboxylic acid groups (broad SMARTS) is 1. The Kier molecular flexibility index (Phi) is 13.8. The van der Waals surface area contributed by atoms with Gasteiger partial charge in [-0.2, -0.15) is 0 Å². The summed E-state index contributed by atoms with van der Waals surface area (Å²) in [4.78, 5) is 9.76. The highest BCUT2D eigenvalue weighted by Crippen LogP contribution is 1.91. The van der Waals surface area contributed by atoms with Crippen molar-refractivity contribution >= 4 is 5.97 Å². The normalized spacial score (nSPS) is 13.6. The molecule has 0 aliphatic heterocycles. The van der Waals surface area contributed by atoms with E-state index in [-0.39, 0.29) is 12.7 Å². The maximum Gasteiger partial charge on any atom is 0.303 e. The second kappa shape index (κ2) is 12.4. The molecule has 0 rings (SSSR count). The molecule has 5 nitrogen and oxygen atoms in total. The summed E-state index contributed by atoms with van der Waals surface area (Å²) in [5, 5.41) is 25.2. The predicted molar refractivity (Wildman–Crippen MR) is 61.3 cm³/mol. The zero-order valence-electron chi connectivity index (χ0n) is 10.3. The van der Waals surface area contributed by atoms with E-state index in [9.17, 15) is 4.79 Å². The fraction of sp³-hybridized carbons (Fsp3) is 0.909. The smallest absolute Gasteiger partial charge is 0.303 e. The van der Waals surface area contributed by atoms with Gasteiger partial charge in [-0.25, -0.2) is 0 Å². The fourth-order valence-electron chi connectivity index (χ4n) is 0.684. The molecule has 0 saturated carbocycles. The average Bonchev–Trinajstić information content (AvgIpc) is 2.23. The molecular weight excluding hydrogens is 212 g/mol. The zero-order chi connectivity index (χ0) is 13.0.